The van der Waals surface area contributed by atoms with Gasteiger partial charge in [-0.2, -0.15) is 5.10 Å². The molecule has 0 saturated carbocycles. The van der Waals surface area contributed by atoms with E-state index in [0.29, 0.717) is 16.7 Å². The van der Waals surface area contributed by atoms with Gasteiger partial charge in [-0.05, 0) is 15.9 Å². The van der Waals surface area contributed by atoms with E-state index >= 15 is 0 Å². The summed E-state index contributed by atoms with van der Waals surface area (Å²) in [6.45, 7) is 0.444. The standard InChI is InChI=1S/C9H8BrN5O2/c10-7-4-11-5-8(15(16)17)9(7)12-1-6-2-13-14-3-6/h2-5H,1H2,(H,11,12)(H,13,14). The van der Waals surface area contributed by atoms with Gasteiger partial charge < -0.3 is 5.32 Å². The Bertz CT molecular complexity index is 528. The van der Waals surface area contributed by atoms with E-state index in [4.69, 9.17) is 0 Å². The van der Waals surface area contributed by atoms with E-state index in [1.54, 1.807) is 12.4 Å². The lowest BCUT2D eigenvalue weighted by Crippen LogP contribution is -2.03. The maximum atomic E-state index is 10.8. The van der Waals surface area contributed by atoms with Gasteiger partial charge in [0, 0.05) is 24.5 Å². The van der Waals surface area contributed by atoms with Crippen LogP contribution in [0, 0.1) is 10.1 Å². The predicted octanol–water partition coefficient (Wildman–Crippen LogP) is 2.09. The van der Waals surface area contributed by atoms with Crippen molar-refractivity contribution in [1.29, 1.82) is 0 Å². The molecule has 88 valence electrons. The summed E-state index contributed by atoms with van der Waals surface area (Å²) >= 11 is 3.23. The van der Waals surface area contributed by atoms with Crippen molar-refractivity contribution in [3.63, 3.8) is 0 Å². The van der Waals surface area contributed by atoms with Crippen molar-refractivity contribution in [2.75, 3.05) is 5.32 Å². The normalized spacial score (nSPS) is 10.2. The van der Waals surface area contributed by atoms with E-state index in [1.807, 2.05) is 0 Å². The van der Waals surface area contributed by atoms with Crippen molar-refractivity contribution in [1.82, 2.24) is 15.2 Å². The zero-order valence-corrected chi connectivity index (χ0v) is 10.1. The monoisotopic (exact) mass is 297 g/mol. The zero-order chi connectivity index (χ0) is 12.3. The second-order valence-corrected chi connectivity index (χ2v) is 4.09. The fourth-order valence-corrected chi connectivity index (χ4v) is 1.76. The molecule has 0 amide bonds. The molecule has 0 aliphatic heterocycles. The minimum atomic E-state index is -0.477. The first-order valence-corrected chi connectivity index (χ1v) is 5.47. The number of H-pyrrole nitrogens is 1. The van der Waals surface area contributed by atoms with E-state index < -0.39 is 4.92 Å². The Balaban J connectivity index is 2.22. The van der Waals surface area contributed by atoms with Gasteiger partial charge in [0.05, 0.1) is 15.6 Å². The summed E-state index contributed by atoms with van der Waals surface area (Å²) < 4.78 is 0.551. The lowest BCUT2D eigenvalue weighted by atomic mass is 10.3. The first-order valence-electron chi connectivity index (χ1n) is 4.68. The average molecular weight is 298 g/mol. The van der Waals surface area contributed by atoms with Crippen molar-refractivity contribution >= 4 is 27.3 Å². The van der Waals surface area contributed by atoms with E-state index in [0.717, 1.165) is 5.56 Å². The largest absolute Gasteiger partial charge is 0.374 e. The highest BCUT2D eigenvalue weighted by Gasteiger charge is 2.16. The van der Waals surface area contributed by atoms with E-state index in [1.165, 1.54) is 12.4 Å². The van der Waals surface area contributed by atoms with Crippen LogP contribution in [0.15, 0.2) is 29.3 Å². The van der Waals surface area contributed by atoms with E-state index in [-0.39, 0.29) is 5.69 Å². The second kappa shape index (κ2) is 4.91. The highest BCUT2D eigenvalue weighted by molar-refractivity contribution is 9.10. The molecular weight excluding hydrogens is 290 g/mol. The lowest BCUT2D eigenvalue weighted by Gasteiger charge is -2.07. The van der Waals surface area contributed by atoms with Gasteiger partial charge in [0.15, 0.2) is 0 Å². The molecule has 0 aromatic carbocycles. The van der Waals surface area contributed by atoms with Gasteiger partial charge in [-0.15, -0.1) is 0 Å². The van der Waals surface area contributed by atoms with E-state index in [2.05, 4.69) is 36.4 Å². The number of nitro groups is 1. The molecule has 2 N–H and O–H groups in total. The molecule has 2 heterocycles. The Hall–Kier alpha value is -1.96. The molecule has 8 heteroatoms. The molecular formula is C9H8BrN5O2. The molecule has 0 bridgehead atoms. The van der Waals surface area contributed by atoms with Crippen LogP contribution < -0.4 is 5.32 Å². The number of rotatable bonds is 4. The molecule has 0 aliphatic rings. The Morgan fingerprint density at radius 3 is 2.94 bits per heavy atom. The first kappa shape index (κ1) is 11.5. The third-order valence-electron chi connectivity index (χ3n) is 2.10. The van der Waals surface area contributed by atoms with Gasteiger partial charge in [0.25, 0.3) is 0 Å². The number of anilines is 1. The molecule has 0 aliphatic carbocycles. The van der Waals surface area contributed by atoms with Crippen LogP contribution in [0.4, 0.5) is 11.4 Å². The first-order chi connectivity index (χ1) is 8.18. The van der Waals surface area contributed by atoms with Crippen LogP contribution in [0.1, 0.15) is 5.56 Å². The van der Waals surface area contributed by atoms with Crippen LogP contribution in [0.3, 0.4) is 0 Å². The molecule has 7 nitrogen and oxygen atoms in total. The highest BCUT2D eigenvalue weighted by atomic mass is 79.9. The van der Waals surface area contributed by atoms with Crippen LogP contribution in [0.2, 0.25) is 0 Å². The number of pyridine rings is 1. The Labute approximate surface area is 105 Å². The molecule has 2 aromatic rings. The number of aromatic amines is 1. The Kier molecular flexibility index (Phi) is 3.33. The van der Waals surface area contributed by atoms with Crippen molar-refractivity contribution in [2.24, 2.45) is 0 Å². The summed E-state index contributed by atoms with van der Waals surface area (Å²) in [5.74, 6) is 0. The molecule has 0 radical (unpaired) electrons. The number of hydrogen-bond acceptors (Lipinski definition) is 5. The summed E-state index contributed by atoms with van der Waals surface area (Å²) in [6.07, 6.45) is 6.08. The second-order valence-electron chi connectivity index (χ2n) is 3.23. The molecule has 2 rings (SSSR count). The van der Waals surface area contributed by atoms with Crippen molar-refractivity contribution < 1.29 is 4.92 Å². The summed E-state index contributed by atoms with van der Waals surface area (Å²) in [6, 6.07) is 0. The summed E-state index contributed by atoms with van der Waals surface area (Å²) in [5, 5.41) is 20.3. The van der Waals surface area contributed by atoms with Gasteiger partial charge in [0.1, 0.15) is 11.9 Å². The third kappa shape index (κ3) is 2.59. The van der Waals surface area contributed by atoms with Crippen LogP contribution in [-0.4, -0.2) is 20.1 Å². The maximum Gasteiger partial charge on any atom is 0.311 e. The molecule has 0 atom stereocenters. The quantitative estimate of drug-likeness (QED) is 0.665. The minimum absolute atomic E-state index is 0.0668. The number of nitrogens with one attached hydrogen (secondary N) is 2. The van der Waals surface area contributed by atoms with Crippen LogP contribution in [0.5, 0.6) is 0 Å². The molecule has 17 heavy (non-hydrogen) atoms. The van der Waals surface area contributed by atoms with Crippen molar-refractivity contribution in [2.45, 2.75) is 6.54 Å². The summed E-state index contributed by atoms with van der Waals surface area (Å²) in [4.78, 5) is 14.1. The predicted molar refractivity (Wildman–Crippen MR) is 64.5 cm³/mol. The maximum absolute atomic E-state index is 10.8. The molecule has 0 saturated heterocycles. The van der Waals surface area contributed by atoms with Crippen LogP contribution in [-0.2, 0) is 6.54 Å². The minimum Gasteiger partial charge on any atom is -0.374 e. The van der Waals surface area contributed by atoms with Gasteiger partial charge in [0.2, 0.25) is 0 Å². The topological polar surface area (TPSA) is 96.7 Å². The molecule has 0 spiro atoms. The summed E-state index contributed by atoms with van der Waals surface area (Å²) in [7, 11) is 0. The van der Waals surface area contributed by atoms with Crippen molar-refractivity contribution in [3.8, 4) is 0 Å². The molecule has 0 fully saturated rings. The van der Waals surface area contributed by atoms with Gasteiger partial charge in [-0.25, -0.2) is 0 Å². The number of aromatic nitrogens is 3. The van der Waals surface area contributed by atoms with Gasteiger partial charge in [-0.1, -0.05) is 0 Å². The Morgan fingerprint density at radius 1 is 1.47 bits per heavy atom. The lowest BCUT2D eigenvalue weighted by molar-refractivity contribution is -0.384. The molecule has 2 aromatic heterocycles. The number of hydrogen-bond donors (Lipinski definition) is 2. The average Bonchev–Trinajstić information content (AvgIpc) is 2.80. The van der Waals surface area contributed by atoms with Gasteiger partial charge in [-0.3, -0.25) is 20.2 Å². The third-order valence-corrected chi connectivity index (χ3v) is 2.70. The van der Waals surface area contributed by atoms with Crippen LogP contribution in [0.25, 0.3) is 0 Å². The number of halogens is 1. The van der Waals surface area contributed by atoms with Crippen molar-refractivity contribution in [3.05, 3.63) is 44.9 Å². The zero-order valence-electron chi connectivity index (χ0n) is 8.55. The fourth-order valence-electron chi connectivity index (χ4n) is 1.30. The highest BCUT2D eigenvalue weighted by Crippen LogP contribution is 2.31. The Morgan fingerprint density at radius 2 is 2.29 bits per heavy atom. The van der Waals surface area contributed by atoms with Crippen LogP contribution >= 0.6 is 15.9 Å². The smallest absolute Gasteiger partial charge is 0.311 e. The number of nitrogens with zero attached hydrogens (tertiary/aromatic N) is 3. The van der Waals surface area contributed by atoms with E-state index in [9.17, 15) is 10.1 Å². The summed E-state index contributed by atoms with van der Waals surface area (Å²) in [5.41, 5.74) is 1.25. The molecule has 0 unspecified atom stereocenters. The SMILES string of the molecule is O=[N+]([O-])c1cncc(Br)c1NCc1cn[nH]c1. The fraction of sp³-hybridized carbons (Fsp3) is 0.111. The van der Waals surface area contributed by atoms with Gasteiger partial charge >= 0.3 is 5.69 Å².